The SMILES string of the molecule is CNCc1cc(-c2cccc(C(C)N(C)C(=O)C3CCN(C(=O)CCl)CC3)c2F)n(S(=O)(=O)c2cccnc2)c1. The standard InChI is InChI=1S/C28H33ClFN5O4S/c1-19(33(3)28(37)21-9-12-34(13-10-21)26(36)15-29)23-7-4-8-24(27(23)30)25-14-20(16-31-2)18-35(25)40(38,39)22-6-5-11-32-17-22/h4-8,11,14,17-19,21,31H,9-10,12-13,15-16H2,1-3H3. The molecule has 1 unspecified atom stereocenters. The van der Waals surface area contributed by atoms with E-state index in [2.05, 4.69) is 10.3 Å². The molecule has 1 aliphatic rings. The van der Waals surface area contributed by atoms with Crippen LogP contribution in [0, 0.1) is 11.7 Å². The zero-order valence-corrected chi connectivity index (χ0v) is 24.3. The molecule has 1 saturated heterocycles. The summed E-state index contributed by atoms with van der Waals surface area (Å²) in [6.07, 6.45) is 5.22. The van der Waals surface area contributed by atoms with Crippen LogP contribution in [0.15, 0.2) is 59.9 Å². The first-order chi connectivity index (χ1) is 19.1. The highest BCUT2D eigenvalue weighted by molar-refractivity contribution is 7.90. The van der Waals surface area contributed by atoms with Crippen molar-refractivity contribution in [1.29, 1.82) is 0 Å². The van der Waals surface area contributed by atoms with Crippen LogP contribution in [0.3, 0.4) is 0 Å². The molecule has 0 bridgehead atoms. The molecule has 3 heterocycles. The van der Waals surface area contributed by atoms with Gasteiger partial charge in [-0.25, -0.2) is 16.8 Å². The average Bonchev–Trinajstić information content (AvgIpc) is 3.41. The lowest BCUT2D eigenvalue weighted by Crippen LogP contribution is -2.44. The summed E-state index contributed by atoms with van der Waals surface area (Å²) in [5, 5.41) is 3.00. The molecule has 1 aromatic carbocycles. The number of piperidine rings is 1. The number of carbonyl (C=O) groups excluding carboxylic acids is 2. The first kappa shape index (κ1) is 29.7. The Kier molecular flexibility index (Phi) is 9.27. The number of benzene rings is 1. The summed E-state index contributed by atoms with van der Waals surface area (Å²) in [6, 6.07) is 8.78. The van der Waals surface area contributed by atoms with Gasteiger partial charge in [-0.1, -0.05) is 12.1 Å². The van der Waals surface area contributed by atoms with Gasteiger partial charge in [-0.3, -0.25) is 14.6 Å². The van der Waals surface area contributed by atoms with Gasteiger partial charge >= 0.3 is 0 Å². The highest BCUT2D eigenvalue weighted by Crippen LogP contribution is 2.34. The molecule has 1 N–H and O–H groups in total. The van der Waals surface area contributed by atoms with Crippen molar-refractivity contribution in [2.45, 2.75) is 37.2 Å². The monoisotopic (exact) mass is 589 g/mol. The van der Waals surface area contributed by atoms with E-state index in [4.69, 9.17) is 11.6 Å². The quantitative estimate of drug-likeness (QED) is 0.382. The second-order valence-corrected chi connectivity index (χ2v) is 12.0. The summed E-state index contributed by atoms with van der Waals surface area (Å²) < 4.78 is 44.3. The Balaban J connectivity index is 1.65. The molecule has 1 atom stereocenters. The van der Waals surface area contributed by atoms with Gasteiger partial charge in [-0.15, -0.1) is 11.6 Å². The highest BCUT2D eigenvalue weighted by atomic mass is 35.5. The Hall–Kier alpha value is -3.28. The van der Waals surface area contributed by atoms with Crippen LogP contribution in [-0.4, -0.2) is 72.1 Å². The fourth-order valence-electron chi connectivity index (χ4n) is 5.02. The Morgan fingerprint density at radius 2 is 1.95 bits per heavy atom. The minimum Gasteiger partial charge on any atom is -0.342 e. The Labute approximate surface area is 239 Å². The number of rotatable bonds is 9. The van der Waals surface area contributed by atoms with E-state index in [1.807, 2.05) is 0 Å². The van der Waals surface area contributed by atoms with Crippen molar-refractivity contribution in [2.75, 3.05) is 33.1 Å². The van der Waals surface area contributed by atoms with Gasteiger partial charge in [0.25, 0.3) is 10.0 Å². The van der Waals surface area contributed by atoms with Crippen molar-refractivity contribution in [3.8, 4) is 11.3 Å². The molecule has 0 spiro atoms. The Morgan fingerprint density at radius 1 is 1.23 bits per heavy atom. The molecule has 214 valence electrons. The van der Waals surface area contributed by atoms with Crippen molar-refractivity contribution in [1.82, 2.24) is 24.1 Å². The first-order valence-electron chi connectivity index (χ1n) is 13.0. The van der Waals surface area contributed by atoms with E-state index in [-0.39, 0.29) is 45.3 Å². The predicted octanol–water partition coefficient (Wildman–Crippen LogP) is 3.64. The fraction of sp³-hybridized carbons (Fsp3) is 0.393. The number of carbonyl (C=O) groups is 2. The van der Waals surface area contributed by atoms with Gasteiger partial charge < -0.3 is 15.1 Å². The third kappa shape index (κ3) is 5.91. The van der Waals surface area contributed by atoms with Gasteiger partial charge in [-0.2, -0.15) is 0 Å². The second kappa shape index (κ2) is 12.5. The molecule has 1 fully saturated rings. The number of aromatic nitrogens is 2. The first-order valence-corrected chi connectivity index (χ1v) is 15.0. The van der Waals surface area contributed by atoms with E-state index in [9.17, 15) is 18.0 Å². The van der Waals surface area contributed by atoms with E-state index in [0.29, 0.717) is 38.0 Å². The summed E-state index contributed by atoms with van der Waals surface area (Å²) in [7, 11) is -0.690. The zero-order chi connectivity index (χ0) is 29.0. The minimum atomic E-state index is -4.06. The summed E-state index contributed by atoms with van der Waals surface area (Å²) in [6.45, 7) is 3.02. The van der Waals surface area contributed by atoms with Crippen molar-refractivity contribution >= 4 is 33.4 Å². The lowest BCUT2D eigenvalue weighted by molar-refractivity contribution is -0.140. The maximum atomic E-state index is 16.2. The molecule has 9 nitrogen and oxygen atoms in total. The van der Waals surface area contributed by atoms with Gasteiger partial charge in [0.15, 0.2) is 0 Å². The molecule has 0 aliphatic carbocycles. The van der Waals surface area contributed by atoms with Crippen LogP contribution < -0.4 is 5.32 Å². The average molecular weight is 590 g/mol. The van der Waals surface area contributed by atoms with E-state index in [1.165, 1.54) is 41.7 Å². The topological polar surface area (TPSA) is 105 Å². The van der Waals surface area contributed by atoms with Crippen molar-refractivity contribution in [2.24, 2.45) is 5.92 Å². The third-order valence-corrected chi connectivity index (χ3v) is 9.30. The number of pyridine rings is 1. The lowest BCUT2D eigenvalue weighted by Gasteiger charge is -2.35. The highest BCUT2D eigenvalue weighted by Gasteiger charge is 2.32. The van der Waals surface area contributed by atoms with Crippen molar-refractivity contribution in [3.05, 3.63) is 71.9 Å². The molecule has 12 heteroatoms. The van der Waals surface area contributed by atoms with E-state index >= 15 is 4.39 Å². The summed E-state index contributed by atoms with van der Waals surface area (Å²) >= 11 is 5.66. The molecule has 2 aromatic heterocycles. The van der Waals surface area contributed by atoms with Crippen molar-refractivity contribution in [3.63, 3.8) is 0 Å². The third-order valence-electron chi connectivity index (χ3n) is 7.41. The molecule has 3 aromatic rings. The van der Waals surface area contributed by atoms with E-state index < -0.39 is 21.9 Å². The smallest absolute Gasteiger partial charge is 0.269 e. The second-order valence-electron chi connectivity index (χ2n) is 9.88. The largest absolute Gasteiger partial charge is 0.342 e. The maximum Gasteiger partial charge on any atom is 0.269 e. The van der Waals surface area contributed by atoms with Crippen LogP contribution in [0.2, 0.25) is 0 Å². The molecule has 0 saturated carbocycles. The van der Waals surface area contributed by atoms with Gasteiger partial charge in [0.1, 0.15) is 16.6 Å². The number of alkyl halides is 1. The fourth-order valence-corrected chi connectivity index (χ4v) is 6.55. The number of amides is 2. The number of hydrogen-bond acceptors (Lipinski definition) is 6. The summed E-state index contributed by atoms with van der Waals surface area (Å²) in [5.74, 6) is -1.26. The van der Waals surface area contributed by atoms with Crippen LogP contribution in [0.4, 0.5) is 4.39 Å². The van der Waals surface area contributed by atoms with Gasteiger partial charge in [0.05, 0.1) is 11.7 Å². The Bertz CT molecular complexity index is 1470. The summed E-state index contributed by atoms with van der Waals surface area (Å²) in [4.78, 5) is 32.3. The normalized spacial score (nSPS) is 15.2. The molecule has 0 radical (unpaired) electrons. The molecular formula is C28H33ClFN5O4S. The van der Waals surface area contributed by atoms with Crippen LogP contribution in [-0.2, 0) is 26.2 Å². The van der Waals surface area contributed by atoms with Crippen LogP contribution in [0.25, 0.3) is 11.3 Å². The van der Waals surface area contributed by atoms with Gasteiger partial charge in [-0.05, 0) is 56.6 Å². The molecular weight excluding hydrogens is 557 g/mol. The lowest BCUT2D eigenvalue weighted by atomic mass is 9.93. The Morgan fingerprint density at radius 3 is 2.58 bits per heavy atom. The van der Waals surface area contributed by atoms with Crippen molar-refractivity contribution < 1.29 is 22.4 Å². The molecule has 40 heavy (non-hydrogen) atoms. The number of nitrogens with one attached hydrogen (secondary N) is 1. The molecule has 2 amide bonds. The predicted molar refractivity (Wildman–Crippen MR) is 151 cm³/mol. The summed E-state index contributed by atoms with van der Waals surface area (Å²) in [5.41, 5.74) is 1.21. The molecule has 1 aliphatic heterocycles. The van der Waals surface area contributed by atoms with Crippen LogP contribution in [0.1, 0.15) is 36.9 Å². The van der Waals surface area contributed by atoms with Crippen LogP contribution in [0.5, 0.6) is 0 Å². The minimum absolute atomic E-state index is 0.0167. The number of nitrogens with zero attached hydrogens (tertiary/aromatic N) is 4. The van der Waals surface area contributed by atoms with Gasteiger partial charge in [0.2, 0.25) is 11.8 Å². The maximum absolute atomic E-state index is 16.2. The van der Waals surface area contributed by atoms with Gasteiger partial charge in [0, 0.05) is 62.3 Å². The number of likely N-dealkylation sites (tertiary alicyclic amines) is 1. The van der Waals surface area contributed by atoms with E-state index in [0.717, 1.165) is 3.97 Å². The number of halogens is 2. The number of hydrogen-bond donors (Lipinski definition) is 1. The van der Waals surface area contributed by atoms with E-state index in [1.54, 1.807) is 44.1 Å². The zero-order valence-electron chi connectivity index (χ0n) is 22.7. The molecule has 4 rings (SSSR count). The van der Waals surface area contributed by atoms with Crippen LogP contribution >= 0.6 is 11.6 Å².